The van der Waals surface area contributed by atoms with Crippen LogP contribution in [0.15, 0.2) is 0 Å². The Bertz CT molecular complexity index is 114. The van der Waals surface area contributed by atoms with Gasteiger partial charge in [0, 0.05) is 0 Å². The zero-order chi connectivity index (χ0) is 6.57. The average Bonchev–Trinajstić information content (AvgIpc) is 1.69. The summed E-state index contributed by atoms with van der Waals surface area (Å²) in [7, 11) is 0. The predicted molar refractivity (Wildman–Crippen MR) is 25.1 cm³/mol. The summed E-state index contributed by atoms with van der Waals surface area (Å²) in [5.74, 6) is -0.685. The first-order chi connectivity index (χ1) is 3.72. The molecule has 0 spiro atoms. The van der Waals surface area contributed by atoms with Gasteiger partial charge in [-0.1, -0.05) is 0 Å². The van der Waals surface area contributed by atoms with Gasteiger partial charge >= 0.3 is 12.8 Å². The highest BCUT2D eigenvalue weighted by molar-refractivity contribution is 5.96. The second kappa shape index (κ2) is 2.73. The molecule has 0 bridgehead atoms. The molecule has 0 unspecified atom stereocenters. The van der Waals surface area contributed by atoms with E-state index in [4.69, 9.17) is 5.41 Å². The Labute approximate surface area is 45.6 Å². The Morgan fingerprint density at radius 3 is 1.88 bits per heavy atom. The maximum atomic E-state index is 9.50. The van der Waals surface area contributed by atoms with E-state index in [-0.39, 0.29) is 4.90 Å². The van der Waals surface area contributed by atoms with Crippen molar-refractivity contribution in [3.8, 4) is 0 Å². The number of rotatable bonds is 2. The van der Waals surface area contributed by atoms with E-state index in [1.165, 1.54) is 0 Å². The maximum absolute atomic E-state index is 9.50. The molecule has 0 heterocycles. The third-order valence-electron chi connectivity index (χ3n) is 0.423. The van der Waals surface area contributed by atoms with Gasteiger partial charge in [-0.2, -0.15) is 0 Å². The molecule has 3 N–H and O–H groups in total. The van der Waals surface area contributed by atoms with Gasteiger partial charge in [0.2, 0.25) is 5.96 Å². The number of nitrogens with zero attached hydrogens (tertiary/aromatic N) is 1. The lowest BCUT2D eigenvalue weighted by Crippen LogP contribution is -2.33. The molecule has 0 rings (SSSR count). The molecule has 0 saturated carbocycles. The summed E-state index contributed by atoms with van der Waals surface area (Å²) in [6.45, 7) is 0. The maximum Gasteiger partial charge on any atom is 0.327 e. The van der Waals surface area contributed by atoms with Crippen molar-refractivity contribution in [1.29, 1.82) is 5.41 Å². The fraction of sp³-hybridized carbons (Fsp3) is 0. The zero-order valence-corrected chi connectivity index (χ0v) is 3.84. The number of amides is 2. The van der Waals surface area contributed by atoms with E-state index in [0.717, 1.165) is 12.8 Å². The summed E-state index contributed by atoms with van der Waals surface area (Å²) in [4.78, 5) is 19.2. The molecule has 0 aromatic heterocycles. The zero-order valence-electron chi connectivity index (χ0n) is 3.84. The second-order valence-electron chi connectivity index (χ2n) is 0.903. The van der Waals surface area contributed by atoms with Crippen molar-refractivity contribution in [2.24, 2.45) is 5.73 Å². The lowest BCUT2D eigenvalue weighted by molar-refractivity contribution is 0.497. The van der Waals surface area contributed by atoms with Gasteiger partial charge in [-0.05, 0) is 0 Å². The van der Waals surface area contributed by atoms with Gasteiger partial charge < -0.3 is 5.73 Å². The van der Waals surface area contributed by atoms with E-state index in [1.807, 2.05) is 0 Å². The number of guanidine groups is 1. The fourth-order valence-electron chi connectivity index (χ4n) is 0.117. The first-order valence-corrected chi connectivity index (χ1v) is 1.62. The molecule has 8 heavy (non-hydrogen) atoms. The Morgan fingerprint density at radius 2 is 1.88 bits per heavy atom. The molecular weight excluding hydrogens is 110 g/mol. The molecule has 0 saturated heterocycles. The highest BCUT2D eigenvalue weighted by Gasteiger charge is 2.02. The number of nitrogens with two attached hydrogens (primary N) is 1. The summed E-state index contributed by atoms with van der Waals surface area (Å²) in [5, 5.41) is 6.43. The number of carbonyl (C=O) groups excluding carboxylic acids is 2. The quantitative estimate of drug-likeness (QED) is 0.254. The highest BCUT2D eigenvalue weighted by atomic mass is 16.2. The molecule has 2 radical (unpaired) electrons. The van der Waals surface area contributed by atoms with Crippen molar-refractivity contribution >= 4 is 18.8 Å². The standard InChI is InChI=1S/C3H3N3O2/c4-3(5)6(1-7)2-8/h(H3,4,5). The molecule has 0 aliphatic rings. The number of imide groups is 1. The van der Waals surface area contributed by atoms with Gasteiger partial charge in [-0.15, -0.1) is 0 Å². The lowest BCUT2D eigenvalue weighted by Gasteiger charge is -1.98. The number of nitrogens with one attached hydrogen (secondary N) is 1. The largest absolute Gasteiger partial charge is 0.369 e. The van der Waals surface area contributed by atoms with E-state index < -0.39 is 5.96 Å². The van der Waals surface area contributed by atoms with Crippen LogP contribution in [0.5, 0.6) is 0 Å². The van der Waals surface area contributed by atoms with Crippen LogP contribution in [0.3, 0.4) is 0 Å². The number of hydrogen-bond acceptors (Lipinski definition) is 3. The van der Waals surface area contributed by atoms with Crippen molar-refractivity contribution in [1.82, 2.24) is 4.90 Å². The van der Waals surface area contributed by atoms with Crippen LogP contribution in [0.2, 0.25) is 0 Å². The minimum absolute atomic E-state index is 0.167. The highest BCUT2D eigenvalue weighted by Crippen LogP contribution is 1.67. The molecule has 0 aliphatic heterocycles. The van der Waals surface area contributed by atoms with Gasteiger partial charge in [0.05, 0.1) is 0 Å². The van der Waals surface area contributed by atoms with Crippen molar-refractivity contribution < 1.29 is 9.59 Å². The van der Waals surface area contributed by atoms with Crippen LogP contribution in [0.4, 0.5) is 0 Å². The van der Waals surface area contributed by atoms with Crippen LogP contribution in [-0.2, 0) is 9.59 Å². The van der Waals surface area contributed by atoms with Gasteiger partial charge in [0.25, 0.3) is 0 Å². The van der Waals surface area contributed by atoms with Crippen molar-refractivity contribution in [3.05, 3.63) is 0 Å². The van der Waals surface area contributed by atoms with E-state index in [9.17, 15) is 9.59 Å². The molecule has 0 aliphatic carbocycles. The van der Waals surface area contributed by atoms with E-state index in [0.29, 0.717) is 0 Å². The number of hydrogen-bond donors (Lipinski definition) is 2. The molecular formula is C3H3N3O2. The van der Waals surface area contributed by atoms with Gasteiger partial charge in [-0.3, -0.25) is 15.0 Å². The third-order valence-corrected chi connectivity index (χ3v) is 0.423. The van der Waals surface area contributed by atoms with Crippen molar-refractivity contribution in [3.63, 3.8) is 0 Å². The summed E-state index contributed by atoms with van der Waals surface area (Å²) in [5.41, 5.74) is 4.64. The average molecular weight is 113 g/mol. The normalized spacial score (nSPS) is 7.50. The van der Waals surface area contributed by atoms with Crippen LogP contribution in [-0.4, -0.2) is 23.7 Å². The molecule has 0 atom stereocenters. The summed E-state index contributed by atoms with van der Waals surface area (Å²) >= 11 is 0. The smallest absolute Gasteiger partial charge is 0.327 e. The van der Waals surface area contributed by atoms with Gasteiger partial charge in [0.15, 0.2) is 0 Å². The fourth-order valence-corrected chi connectivity index (χ4v) is 0.117. The summed E-state index contributed by atoms with van der Waals surface area (Å²) < 4.78 is 0. The Hall–Kier alpha value is -1.39. The first-order valence-electron chi connectivity index (χ1n) is 1.62. The molecule has 0 fully saturated rings. The van der Waals surface area contributed by atoms with E-state index >= 15 is 0 Å². The molecule has 5 nitrogen and oxygen atoms in total. The topological polar surface area (TPSA) is 87.2 Å². The Balaban J connectivity index is 3.88. The summed E-state index contributed by atoms with van der Waals surface area (Å²) in [6.07, 6.45) is 2.12. The summed E-state index contributed by atoms with van der Waals surface area (Å²) in [6, 6.07) is 0. The molecule has 0 aromatic carbocycles. The van der Waals surface area contributed by atoms with E-state index in [1.54, 1.807) is 0 Å². The Kier molecular flexibility index (Phi) is 2.25. The third kappa shape index (κ3) is 1.38. The van der Waals surface area contributed by atoms with Crippen molar-refractivity contribution in [2.45, 2.75) is 0 Å². The molecule has 2 amide bonds. The van der Waals surface area contributed by atoms with Crippen LogP contribution in [0, 0.1) is 5.41 Å². The van der Waals surface area contributed by atoms with Crippen LogP contribution in [0.25, 0.3) is 0 Å². The second-order valence-corrected chi connectivity index (χ2v) is 0.903. The first kappa shape index (κ1) is 6.61. The van der Waals surface area contributed by atoms with Gasteiger partial charge in [-0.25, -0.2) is 4.90 Å². The van der Waals surface area contributed by atoms with E-state index in [2.05, 4.69) is 5.73 Å². The minimum Gasteiger partial charge on any atom is -0.369 e. The van der Waals surface area contributed by atoms with Gasteiger partial charge in [0.1, 0.15) is 0 Å². The Morgan fingerprint density at radius 1 is 1.50 bits per heavy atom. The predicted octanol–water partition coefficient (Wildman–Crippen LogP) is -1.68. The lowest BCUT2D eigenvalue weighted by atomic mass is 10.8. The van der Waals surface area contributed by atoms with Crippen LogP contribution < -0.4 is 5.73 Å². The molecule has 5 heteroatoms. The van der Waals surface area contributed by atoms with Crippen LogP contribution >= 0.6 is 0 Å². The monoisotopic (exact) mass is 113 g/mol. The van der Waals surface area contributed by atoms with Crippen molar-refractivity contribution in [2.75, 3.05) is 0 Å². The van der Waals surface area contributed by atoms with Crippen LogP contribution in [0.1, 0.15) is 0 Å². The molecule has 0 aromatic rings. The SMILES string of the molecule is N=C(N)N([C]=O)[C]=O. The minimum atomic E-state index is -0.685. The molecule has 42 valence electrons.